The first-order valence-corrected chi connectivity index (χ1v) is 9.96. The summed E-state index contributed by atoms with van der Waals surface area (Å²) in [7, 11) is 0. The van der Waals surface area contributed by atoms with Gasteiger partial charge in [-0.05, 0) is 36.3 Å². The molecule has 4 nitrogen and oxygen atoms in total. The zero-order valence-corrected chi connectivity index (χ0v) is 15.4. The predicted molar refractivity (Wildman–Crippen MR) is 104 cm³/mol. The Morgan fingerprint density at radius 2 is 1.92 bits per heavy atom. The molecule has 1 aromatic heterocycles. The highest BCUT2D eigenvalue weighted by atomic mass is 32.1. The number of nitrogens with zero attached hydrogens (tertiary/aromatic N) is 1. The summed E-state index contributed by atoms with van der Waals surface area (Å²) in [6.45, 7) is 4.03. The van der Waals surface area contributed by atoms with Crippen molar-refractivity contribution in [3.8, 4) is 0 Å². The lowest BCUT2D eigenvalue weighted by Gasteiger charge is -2.25. The molecule has 2 aliphatic rings. The molecule has 1 saturated carbocycles. The van der Waals surface area contributed by atoms with Crippen molar-refractivity contribution in [2.24, 2.45) is 5.92 Å². The largest absolute Gasteiger partial charge is 0.347 e. The molecule has 5 heteroatoms. The molecule has 1 unspecified atom stereocenters. The summed E-state index contributed by atoms with van der Waals surface area (Å²) in [5.41, 5.74) is 2.04. The van der Waals surface area contributed by atoms with E-state index < -0.39 is 0 Å². The van der Waals surface area contributed by atoms with Crippen molar-refractivity contribution in [2.45, 2.75) is 31.7 Å². The quantitative estimate of drug-likeness (QED) is 0.861. The predicted octanol–water partition coefficient (Wildman–Crippen LogP) is 4.22. The van der Waals surface area contributed by atoms with Crippen LogP contribution in [0.25, 0.3) is 5.70 Å². The summed E-state index contributed by atoms with van der Waals surface area (Å²) in [6, 6.07) is 11.5. The first kappa shape index (κ1) is 17.0. The Labute approximate surface area is 157 Å². The Hall–Kier alpha value is -2.40. The fourth-order valence-corrected chi connectivity index (χ4v) is 4.91. The van der Waals surface area contributed by atoms with Crippen LogP contribution >= 0.6 is 11.3 Å². The van der Waals surface area contributed by atoms with Gasteiger partial charge in [-0.2, -0.15) is 0 Å². The molecule has 2 amide bonds. The Morgan fingerprint density at radius 1 is 1.19 bits per heavy atom. The Balaban J connectivity index is 1.48. The Kier molecular flexibility index (Phi) is 4.64. The van der Waals surface area contributed by atoms with E-state index in [0.717, 1.165) is 18.4 Å². The van der Waals surface area contributed by atoms with Crippen molar-refractivity contribution < 1.29 is 9.59 Å². The van der Waals surface area contributed by atoms with Gasteiger partial charge in [-0.25, -0.2) is 0 Å². The molecule has 1 fully saturated rings. The number of rotatable bonds is 5. The zero-order valence-electron chi connectivity index (χ0n) is 14.6. The molecule has 1 aliphatic carbocycles. The highest BCUT2D eigenvalue weighted by molar-refractivity contribution is 7.10. The van der Waals surface area contributed by atoms with Crippen molar-refractivity contribution in [1.29, 1.82) is 0 Å². The number of hydrogen-bond donors (Lipinski definition) is 1. The van der Waals surface area contributed by atoms with Crippen LogP contribution in [0.5, 0.6) is 0 Å². The van der Waals surface area contributed by atoms with E-state index >= 15 is 0 Å². The minimum atomic E-state index is -0.144. The van der Waals surface area contributed by atoms with E-state index in [0.29, 0.717) is 17.2 Å². The van der Waals surface area contributed by atoms with E-state index in [-0.39, 0.29) is 24.4 Å². The standard InChI is InChI=1S/C21H22N2O2S/c1-14-16-9-4-5-10-17(16)21(25)23(14)13-19(24)22-20(15-7-2-3-8-15)18-11-6-12-26-18/h4-6,9-12,15,20H,1-3,7-8,13H2,(H,22,24). The molecular weight excluding hydrogens is 344 g/mol. The molecule has 2 aromatic rings. The lowest BCUT2D eigenvalue weighted by Crippen LogP contribution is -2.40. The van der Waals surface area contributed by atoms with Crippen molar-refractivity contribution in [3.05, 3.63) is 64.4 Å². The maximum Gasteiger partial charge on any atom is 0.259 e. The SMILES string of the molecule is C=C1c2ccccc2C(=O)N1CC(=O)NC(c1cccs1)C1CCCC1. The van der Waals surface area contributed by atoms with Gasteiger partial charge in [0.15, 0.2) is 0 Å². The van der Waals surface area contributed by atoms with E-state index in [4.69, 9.17) is 0 Å². The zero-order chi connectivity index (χ0) is 18.1. The second-order valence-electron chi connectivity index (χ2n) is 6.99. The monoisotopic (exact) mass is 366 g/mol. The minimum Gasteiger partial charge on any atom is -0.347 e. The number of amides is 2. The van der Waals surface area contributed by atoms with Gasteiger partial charge in [0.05, 0.1) is 6.04 Å². The van der Waals surface area contributed by atoms with E-state index in [2.05, 4.69) is 18.0 Å². The van der Waals surface area contributed by atoms with Crippen LogP contribution < -0.4 is 5.32 Å². The summed E-state index contributed by atoms with van der Waals surface area (Å²) in [6.07, 6.45) is 4.73. The third-order valence-corrected chi connectivity index (χ3v) is 6.33. The highest BCUT2D eigenvalue weighted by Gasteiger charge is 2.33. The van der Waals surface area contributed by atoms with E-state index in [9.17, 15) is 9.59 Å². The molecule has 2 heterocycles. The van der Waals surface area contributed by atoms with Crippen LogP contribution in [0.15, 0.2) is 48.4 Å². The molecule has 26 heavy (non-hydrogen) atoms. The van der Waals surface area contributed by atoms with E-state index in [1.807, 2.05) is 29.6 Å². The van der Waals surface area contributed by atoms with Crippen LogP contribution in [0.3, 0.4) is 0 Å². The van der Waals surface area contributed by atoms with Crippen LogP contribution in [-0.4, -0.2) is 23.3 Å². The van der Waals surface area contributed by atoms with Gasteiger partial charge in [0.2, 0.25) is 5.91 Å². The molecule has 0 saturated heterocycles. The number of fused-ring (bicyclic) bond motifs is 1. The molecule has 1 atom stereocenters. The summed E-state index contributed by atoms with van der Waals surface area (Å²) < 4.78 is 0. The number of hydrogen-bond acceptors (Lipinski definition) is 3. The summed E-state index contributed by atoms with van der Waals surface area (Å²) in [5.74, 6) is 0.208. The van der Waals surface area contributed by atoms with Crippen LogP contribution in [0.2, 0.25) is 0 Å². The third kappa shape index (κ3) is 3.07. The second kappa shape index (κ2) is 7.08. The average Bonchev–Trinajstić information content (AvgIpc) is 3.40. The molecule has 4 rings (SSSR count). The van der Waals surface area contributed by atoms with Gasteiger partial charge in [0.1, 0.15) is 6.54 Å². The van der Waals surface area contributed by atoms with Crippen molar-refractivity contribution >= 4 is 28.8 Å². The van der Waals surface area contributed by atoms with Crippen molar-refractivity contribution in [3.63, 3.8) is 0 Å². The number of benzene rings is 1. The molecule has 1 aliphatic heterocycles. The highest BCUT2D eigenvalue weighted by Crippen LogP contribution is 2.37. The number of thiophene rings is 1. The van der Waals surface area contributed by atoms with Gasteiger partial charge < -0.3 is 5.32 Å². The molecule has 0 bridgehead atoms. The lowest BCUT2D eigenvalue weighted by molar-refractivity contribution is -0.122. The molecule has 0 spiro atoms. The van der Waals surface area contributed by atoms with Gasteiger partial charge in [0.25, 0.3) is 5.91 Å². The minimum absolute atomic E-state index is 0.0148. The van der Waals surface area contributed by atoms with E-state index in [1.165, 1.54) is 22.6 Å². The number of carbonyl (C=O) groups is 2. The van der Waals surface area contributed by atoms with Gasteiger partial charge in [-0.3, -0.25) is 14.5 Å². The van der Waals surface area contributed by atoms with Gasteiger partial charge in [-0.15, -0.1) is 11.3 Å². The third-order valence-electron chi connectivity index (χ3n) is 5.38. The van der Waals surface area contributed by atoms with Gasteiger partial charge in [-0.1, -0.05) is 43.7 Å². The van der Waals surface area contributed by atoms with Crippen LogP contribution in [-0.2, 0) is 4.79 Å². The fourth-order valence-electron chi connectivity index (χ4n) is 4.04. The lowest BCUT2D eigenvalue weighted by atomic mass is 9.96. The van der Waals surface area contributed by atoms with Crippen LogP contribution in [0.1, 0.15) is 52.5 Å². The maximum atomic E-state index is 12.8. The molecule has 1 N–H and O–H groups in total. The first-order chi connectivity index (χ1) is 12.6. The first-order valence-electron chi connectivity index (χ1n) is 9.08. The normalized spacial score (nSPS) is 18.2. The summed E-state index contributed by atoms with van der Waals surface area (Å²) in [4.78, 5) is 28.0. The molecular formula is C21H22N2O2S. The Bertz CT molecular complexity index is 802. The smallest absolute Gasteiger partial charge is 0.259 e. The maximum absolute atomic E-state index is 12.8. The molecule has 0 radical (unpaired) electrons. The van der Waals surface area contributed by atoms with Gasteiger partial charge >= 0.3 is 0 Å². The number of carbonyl (C=O) groups excluding carboxylic acids is 2. The fraction of sp³-hybridized carbons (Fsp3) is 0.333. The molecule has 134 valence electrons. The summed E-state index contributed by atoms with van der Waals surface area (Å²) in [5, 5.41) is 5.24. The van der Waals surface area contributed by atoms with Crippen LogP contribution in [0.4, 0.5) is 0 Å². The topological polar surface area (TPSA) is 49.4 Å². The summed E-state index contributed by atoms with van der Waals surface area (Å²) >= 11 is 1.68. The van der Waals surface area contributed by atoms with Gasteiger partial charge in [0, 0.05) is 21.7 Å². The van der Waals surface area contributed by atoms with Crippen molar-refractivity contribution in [2.75, 3.05) is 6.54 Å². The van der Waals surface area contributed by atoms with E-state index in [1.54, 1.807) is 17.4 Å². The molecule has 1 aromatic carbocycles. The second-order valence-corrected chi connectivity index (χ2v) is 7.97. The van der Waals surface area contributed by atoms with Crippen LogP contribution in [0, 0.1) is 5.92 Å². The average molecular weight is 366 g/mol. The Morgan fingerprint density at radius 3 is 2.58 bits per heavy atom. The number of nitrogens with one attached hydrogen (secondary N) is 1. The van der Waals surface area contributed by atoms with Crippen molar-refractivity contribution in [1.82, 2.24) is 10.2 Å².